The summed E-state index contributed by atoms with van der Waals surface area (Å²) in [4.78, 5) is 42.1. The average Bonchev–Trinajstić information content (AvgIpc) is 3.36. The van der Waals surface area contributed by atoms with Crippen molar-refractivity contribution in [3.05, 3.63) is 53.8 Å². The van der Waals surface area contributed by atoms with Crippen molar-refractivity contribution >= 4 is 35.2 Å². The third kappa shape index (κ3) is 3.75. The first-order valence-electron chi connectivity index (χ1n) is 11.3. The number of rotatable bonds is 6. The zero-order chi connectivity index (χ0) is 24.7. The molecule has 2 aromatic carbocycles. The second-order valence-corrected chi connectivity index (χ2v) is 9.71. The number of halogens is 1. The highest BCUT2D eigenvalue weighted by Gasteiger charge is 2.68. The molecule has 0 spiro atoms. The molecule has 10 heteroatoms. The molecule has 0 unspecified atom stereocenters. The van der Waals surface area contributed by atoms with Gasteiger partial charge in [-0.15, -0.1) is 0 Å². The van der Waals surface area contributed by atoms with Crippen LogP contribution in [0.15, 0.2) is 42.5 Å². The van der Waals surface area contributed by atoms with Crippen LogP contribution in [0.3, 0.4) is 0 Å². The third-order valence-electron chi connectivity index (χ3n) is 6.92. The van der Waals surface area contributed by atoms with Gasteiger partial charge in [-0.3, -0.25) is 19.7 Å². The van der Waals surface area contributed by atoms with Gasteiger partial charge in [0.05, 0.1) is 24.6 Å². The quantitative estimate of drug-likeness (QED) is 0.478. The van der Waals surface area contributed by atoms with E-state index >= 15 is 0 Å². The number of anilines is 1. The van der Waals surface area contributed by atoms with Gasteiger partial charge in [-0.05, 0) is 48.3 Å². The Hall–Kier alpha value is -3.11. The number of nitrogens with zero attached hydrogens (tertiary/aromatic N) is 1. The number of carbonyl (C=O) groups excluding carboxylic acids is 3. The molecule has 3 aliphatic heterocycles. The molecule has 4 atom stereocenters. The number of fused-ring (bicyclic) bond motifs is 2. The van der Waals surface area contributed by atoms with Crippen LogP contribution in [-0.4, -0.2) is 55.7 Å². The summed E-state index contributed by atoms with van der Waals surface area (Å²) in [6.07, 6.45) is 2.19. The number of ether oxygens (including phenoxy) is 3. The van der Waals surface area contributed by atoms with Crippen molar-refractivity contribution in [2.24, 2.45) is 11.8 Å². The molecule has 3 aliphatic rings. The number of hydrogen-bond donors (Lipinski definition) is 1. The van der Waals surface area contributed by atoms with Crippen molar-refractivity contribution in [3.8, 4) is 11.5 Å². The van der Waals surface area contributed by atoms with E-state index in [9.17, 15) is 18.8 Å². The third-order valence-corrected chi connectivity index (χ3v) is 7.53. The molecule has 35 heavy (non-hydrogen) atoms. The van der Waals surface area contributed by atoms with Gasteiger partial charge >= 0.3 is 5.97 Å². The Kier molecular flexibility index (Phi) is 6.18. The van der Waals surface area contributed by atoms with Gasteiger partial charge in [0.1, 0.15) is 24.6 Å². The summed E-state index contributed by atoms with van der Waals surface area (Å²) in [7, 11) is 1.27. The molecule has 1 N–H and O–H groups in total. The summed E-state index contributed by atoms with van der Waals surface area (Å²) in [5.74, 6) is -2.26. The van der Waals surface area contributed by atoms with E-state index in [1.807, 2.05) is 6.26 Å². The van der Waals surface area contributed by atoms with Crippen LogP contribution in [0.2, 0.25) is 0 Å². The summed E-state index contributed by atoms with van der Waals surface area (Å²) in [5.41, 5.74) is -0.446. The maximum absolute atomic E-state index is 13.9. The van der Waals surface area contributed by atoms with E-state index < -0.39 is 47.0 Å². The van der Waals surface area contributed by atoms with Crippen LogP contribution in [0, 0.1) is 17.7 Å². The second-order valence-electron chi connectivity index (χ2n) is 8.72. The minimum absolute atomic E-state index is 0.285. The standard InChI is InChI=1S/C25H25FN2O6S/c1-32-24(31)25(9-12-35-2)20-19(21(27-25)14-3-5-15(26)6-4-14)22(29)28(23(20)30)16-7-8-17-18(13-16)34-11-10-33-17/h3-8,13,19-21,27H,9-12H2,1-2H3/t19-,20+,21-,25+/m0/s1. The van der Waals surface area contributed by atoms with Gasteiger partial charge in [0.25, 0.3) is 0 Å². The molecular weight excluding hydrogens is 475 g/mol. The topological polar surface area (TPSA) is 94.2 Å². The maximum atomic E-state index is 13.9. The second kappa shape index (κ2) is 9.16. The monoisotopic (exact) mass is 500 g/mol. The highest BCUT2D eigenvalue weighted by molar-refractivity contribution is 7.98. The smallest absolute Gasteiger partial charge is 0.326 e. The zero-order valence-electron chi connectivity index (χ0n) is 19.3. The van der Waals surface area contributed by atoms with Crippen LogP contribution >= 0.6 is 11.8 Å². The molecule has 184 valence electrons. The van der Waals surface area contributed by atoms with Crippen molar-refractivity contribution in [1.82, 2.24) is 5.32 Å². The number of hydrogen-bond acceptors (Lipinski definition) is 8. The first-order chi connectivity index (χ1) is 16.9. The summed E-state index contributed by atoms with van der Waals surface area (Å²) < 4.78 is 30.0. The molecule has 2 saturated heterocycles. The number of imide groups is 1. The maximum Gasteiger partial charge on any atom is 0.326 e. The molecular formula is C25H25FN2O6S. The molecule has 2 aromatic rings. The number of amides is 2. The van der Waals surface area contributed by atoms with Crippen molar-refractivity contribution in [3.63, 3.8) is 0 Å². The highest BCUT2D eigenvalue weighted by Crippen LogP contribution is 2.52. The highest BCUT2D eigenvalue weighted by atomic mass is 32.2. The van der Waals surface area contributed by atoms with Crippen molar-refractivity contribution in [1.29, 1.82) is 0 Å². The molecule has 5 rings (SSSR count). The van der Waals surface area contributed by atoms with E-state index in [-0.39, 0.29) is 6.42 Å². The molecule has 2 fully saturated rings. The van der Waals surface area contributed by atoms with E-state index in [2.05, 4.69) is 5.32 Å². The Morgan fingerprint density at radius 3 is 2.54 bits per heavy atom. The molecule has 2 amide bonds. The largest absolute Gasteiger partial charge is 0.486 e. The normalized spacial score (nSPS) is 27.2. The molecule has 3 heterocycles. The summed E-state index contributed by atoms with van der Waals surface area (Å²) in [6.45, 7) is 0.778. The Balaban J connectivity index is 1.61. The van der Waals surface area contributed by atoms with Gasteiger partial charge in [-0.1, -0.05) is 12.1 Å². The first kappa shape index (κ1) is 23.6. The number of esters is 1. The fourth-order valence-corrected chi connectivity index (χ4v) is 5.88. The number of benzene rings is 2. The summed E-state index contributed by atoms with van der Waals surface area (Å²) in [6, 6.07) is 9.94. The van der Waals surface area contributed by atoms with E-state index in [1.54, 1.807) is 30.3 Å². The van der Waals surface area contributed by atoms with Crippen LogP contribution in [0.5, 0.6) is 11.5 Å². The lowest BCUT2D eigenvalue weighted by atomic mass is 9.78. The molecule has 0 aliphatic carbocycles. The lowest BCUT2D eigenvalue weighted by Gasteiger charge is -2.32. The molecule has 0 radical (unpaired) electrons. The number of thioether (sulfide) groups is 1. The van der Waals surface area contributed by atoms with E-state index in [0.717, 1.165) is 4.90 Å². The number of carbonyl (C=O) groups is 3. The van der Waals surface area contributed by atoms with Crippen LogP contribution in [0.25, 0.3) is 0 Å². The van der Waals surface area contributed by atoms with Crippen LogP contribution in [-0.2, 0) is 19.1 Å². The van der Waals surface area contributed by atoms with Crippen LogP contribution < -0.4 is 19.7 Å². The van der Waals surface area contributed by atoms with Gasteiger partial charge < -0.3 is 14.2 Å². The van der Waals surface area contributed by atoms with E-state index in [0.29, 0.717) is 41.7 Å². The van der Waals surface area contributed by atoms with E-state index in [1.165, 1.54) is 31.0 Å². The predicted molar refractivity (Wildman–Crippen MR) is 127 cm³/mol. The van der Waals surface area contributed by atoms with Crippen LogP contribution in [0.4, 0.5) is 10.1 Å². The van der Waals surface area contributed by atoms with Gasteiger partial charge in [-0.25, -0.2) is 9.29 Å². The first-order valence-corrected chi connectivity index (χ1v) is 12.7. The van der Waals surface area contributed by atoms with Gasteiger partial charge in [0, 0.05) is 12.1 Å². The fraction of sp³-hybridized carbons (Fsp3) is 0.400. The molecule has 8 nitrogen and oxygen atoms in total. The van der Waals surface area contributed by atoms with Gasteiger partial charge in [0.15, 0.2) is 11.5 Å². The van der Waals surface area contributed by atoms with Gasteiger partial charge in [-0.2, -0.15) is 11.8 Å². The lowest BCUT2D eigenvalue weighted by molar-refractivity contribution is -0.152. The minimum Gasteiger partial charge on any atom is -0.486 e. The van der Waals surface area contributed by atoms with Crippen molar-refractivity contribution in [2.45, 2.75) is 18.0 Å². The Bertz CT molecular complexity index is 1180. The van der Waals surface area contributed by atoms with Gasteiger partial charge in [0.2, 0.25) is 11.8 Å². The number of methoxy groups -OCH3 is 1. The molecule has 0 bridgehead atoms. The van der Waals surface area contributed by atoms with E-state index in [4.69, 9.17) is 14.2 Å². The predicted octanol–water partition coefficient (Wildman–Crippen LogP) is 2.71. The Labute approximate surface area is 206 Å². The molecule has 0 aromatic heterocycles. The van der Waals surface area contributed by atoms with Crippen LogP contribution in [0.1, 0.15) is 18.0 Å². The number of nitrogens with one attached hydrogen (secondary N) is 1. The summed E-state index contributed by atoms with van der Waals surface area (Å²) in [5, 5.41) is 3.29. The Morgan fingerprint density at radius 2 is 1.86 bits per heavy atom. The molecule has 0 saturated carbocycles. The van der Waals surface area contributed by atoms with Crippen molar-refractivity contribution in [2.75, 3.05) is 37.2 Å². The zero-order valence-corrected chi connectivity index (χ0v) is 20.1. The Morgan fingerprint density at radius 1 is 1.14 bits per heavy atom. The average molecular weight is 501 g/mol. The van der Waals surface area contributed by atoms with Crippen molar-refractivity contribution < 1.29 is 33.0 Å². The minimum atomic E-state index is -1.41. The fourth-order valence-electron chi connectivity index (χ4n) is 5.35. The SMILES string of the molecule is COC(=O)[C@]1(CCSC)N[C@@H](c2ccc(F)cc2)[C@H]2C(=O)N(c3ccc4c(c3)OCCO4)C(=O)[C@@H]21. The summed E-state index contributed by atoms with van der Waals surface area (Å²) >= 11 is 1.53. The lowest BCUT2D eigenvalue weighted by Crippen LogP contribution is -2.56.